The van der Waals surface area contributed by atoms with Gasteiger partial charge in [-0.3, -0.25) is 4.90 Å². The first kappa shape index (κ1) is 15.9. The van der Waals surface area contributed by atoms with Crippen LogP contribution in [0.3, 0.4) is 0 Å². The summed E-state index contributed by atoms with van der Waals surface area (Å²) in [5, 5.41) is 0. The molecule has 0 N–H and O–H groups in total. The smallest absolute Gasteiger partial charge is 0.161 e. The second kappa shape index (κ2) is 6.25. The lowest BCUT2D eigenvalue weighted by Gasteiger charge is -2.43. The first-order valence-electron chi connectivity index (χ1n) is 8.06. The van der Waals surface area contributed by atoms with Crippen LogP contribution in [0.5, 0.6) is 11.5 Å². The summed E-state index contributed by atoms with van der Waals surface area (Å²) in [6.07, 6.45) is 1.01. The van der Waals surface area contributed by atoms with E-state index in [1.165, 1.54) is 16.7 Å². The third-order valence-corrected chi connectivity index (χ3v) is 4.76. The average molecular weight is 311 g/mol. The lowest BCUT2D eigenvalue weighted by Crippen LogP contribution is -2.47. The molecule has 0 fully saturated rings. The number of benzene rings is 2. The fraction of sp³-hybridized carbons (Fsp3) is 0.400. The van der Waals surface area contributed by atoms with Gasteiger partial charge in [-0.15, -0.1) is 0 Å². The summed E-state index contributed by atoms with van der Waals surface area (Å²) in [5.74, 6) is 1.63. The zero-order valence-corrected chi connectivity index (χ0v) is 14.4. The summed E-state index contributed by atoms with van der Waals surface area (Å²) >= 11 is 0. The topological polar surface area (TPSA) is 21.7 Å². The molecule has 0 spiro atoms. The summed E-state index contributed by atoms with van der Waals surface area (Å²) in [4.78, 5) is 2.54. The van der Waals surface area contributed by atoms with Crippen molar-refractivity contribution in [3.8, 4) is 11.5 Å². The Bertz CT molecular complexity index is 680. The molecule has 0 aliphatic carbocycles. The van der Waals surface area contributed by atoms with E-state index < -0.39 is 0 Å². The zero-order valence-electron chi connectivity index (χ0n) is 14.4. The van der Waals surface area contributed by atoms with Gasteiger partial charge in [0, 0.05) is 18.6 Å². The molecule has 1 heterocycles. The molecule has 0 aromatic heterocycles. The number of rotatable bonds is 4. The summed E-state index contributed by atoms with van der Waals surface area (Å²) in [7, 11) is 3.39. The lowest BCUT2D eigenvalue weighted by atomic mass is 9.85. The van der Waals surface area contributed by atoms with Crippen molar-refractivity contribution >= 4 is 0 Å². The van der Waals surface area contributed by atoms with Gasteiger partial charge in [0.1, 0.15) is 0 Å². The van der Waals surface area contributed by atoms with Crippen LogP contribution in [0.4, 0.5) is 0 Å². The van der Waals surface area contributed by atoms with Crippen molar-refractivity contribution in [3.63, 3.8) is 0 Å². The van der Waals surface area contributed by atoms with Crippen LogP contribution < -0.4 is 9.47 Å². The van der Waals surface area contributed by atoms with Gasteiger partial charge in [0.25, 0.3) is 0 Å². The Morgan fingerprint density at radius 2 is 1.57 bits per heavy atom. The van der Waals surface area contributed by atoms with Crippen LogP contribution in [-0.4, -0.2) is 24.7 Å². The Balaban J connectivity index is 1.91. The third-order valence-electron chi connectivity index (χ3n) is 4.76. The second-order valence-corrected chi connectivity index (χ2v) is 6.81. The van der Waals surface area contributed by atoms with E-state index in [0.717, 1.165) is 31.0 Å². The van der Waals surface area contributed by atoms with Crippen molar-refractivity contribution in [1.82, 2.24) is 4.90 Å². The summed E-state index contributed by atoms with van der Waals surface area (Å²) in [6, 6.07) is 14.9. The molecular formula is C20H25NO2. The van der Waals surface area contributed by atoms with Gasteiger partial charge in [-0.1, -0.05) is 30.3 Å². The Kier molecular flexibility index (Phi) is 4.31. The van der Waals surface area contributed by atoms with Gasteiger partial charge in [0.2, 0.25) is 0 Å². The van der Waals surface area contributed by atoms with Gasteiger partial charge < -0.3 is 9.47 Å². The first-order valence-corrected chi connectivity index (χ1v) is 8.06. The molecule has 0 atom stereocenters. The molecule has 0 saturated heterocycles. The minimum absolute atomic E-state index is 0.114. The molecule has 3 nitrogen and oxygen atoms in total. The van der Waals surface area contributed by atoms with Gasteiger partial charge in [0.05, 0.1) is 14.2 Å². The fourth-order valence-electron chi connectivity index (χ4n) is 3.35. The van der Waals surface area contributed by atoms with Gasteiger partial charge in [-0.05, 0) is 49.1 Å². The molecule has 122 valence electrons. The van der Waals surface area contributed by atoms with Crippen molar-refractivity contribution in [2.75, 3.05) is 14.2 Å². The molecule has 1 aliphatic heterocycles. The number of fused-ring (bicyclic) bond motifs is 1. The summed E-state index contributed by atoms with van der Waals surface area (Å²) in [5.41, 5.74) is 4.15. The van der Waals surface area contributed by atoms with E-state index in [2.05, 4.69) is 61.2 Å². The quantitative estimate of drug-likeness (QED) is 0.850. The van der Waals surface area contributed by atoms with Crippen LogP contribution in [0.1, 0.15) is 30.5 Å². The first-order chi connectivity index (χ1) is 11.0. The molecule has 3 rings (SSSR count). The van der Waals surface area contributed by atoms with Crippen LogP contribution in [0, 0.1) is 0 Å². The maximum atomic E-state index is 5.46. The SMILES string of the molecule is COc1cc2c(cc1OC)CC(C)(C)N(Cc1ccccc1)C2. The largest absolute Gasteiger partial charge is 0.493 e. The normalized spacial score (nSPS) is 16.7. The molecule has 0 bridgehead atoms. The molecular weight excluding hydrogens is 286 g/mol. The molecule has 23 heavy (non-hydrogen) atoms. The zero-order chi connectivity index (χ0) is 16.4. The second-order valence-electron chi connectivity index (χ2n) is 6.81. The highest BCUT2D eigenvalue weighted by molar-refractivity contribution is 5.49. The van der Waals surface area contributed by atoms with Gasteiger partial charge in [-0.2, -0.15) is 0 Å². The molecule has 0 amide bonds. The Labute approximate surface area is 138 Å². The highest BCUT2D eigenvalue weighted by atomic mass is 16.5. The molecule has 0 saturated carbocycles. The van der Waals surface area contributed by atoms with Crippen molar-refractivity contribution in [2.24, 2.45) is 0 Å². The van der Waals surface area contributed by atoms with Crippen LogP contribution in [0.25, 0.3) is 0 Å². The number of nitrogens with zero attached hydrogens (tertiary/aromatic N) is 1. The van der Waals surface area contributed by atoms with Crippen molar-refractivity contribution in [1.29, 1.82) is 0 Å². The number of ether oxygens (including phenoxy) is 2. The Morgan fingerprint density at radius 1 is 0.957 bits per heavy atom. The summed E-state index contributed by atoms with van der Waals surface area (Å²) < 4.78 is 10.9. The lowest BCUT2D eigenvalue weighted by molar-refractivity contribution is 0.0887. The predicted molar refractivity (Wildman–Crippen MR) is 93.0 cm³/mol. The Hall–Kier alpha value is -2.00. The maximum absolute atomic E-state index is 5.46. The van der Waals surface area contributed by atoms with Crippen molar-refractivity contribution < 1.29 is 9.47 Å². The number of hydrogen-bond acceptors (Lipinski definition) is 3. The van der Waals surface area contributed by atoms with Crippen LogP contribution in [-0.2, 0) is 19.5 Å². The third kappa shape index (κ3) is 3.20. The Morgan fingerprint density at radius 3 is 2.17 bits per heavy atom. The van der Waals surface area contributed by atoms with E-state index in [-0.39, 0.29) is 5.54 Å². The maximum Gasteiger partial charge on any atom is 0.161 e. The molecule has 0 unspecified atom stereocenters. The monoisotopic (exact) mass is 311 g/mol. The fourth-order valence-corrected chi connectivity index (χ4v) is 3.35. The van der Waals surface area contributed by atoms with E-state index in [9.17, 15) is 0 Å². The van der Waals surface area contributed by atoms with E-state index in [0.29, 0.717) is 0 Å². The van der Waals surface area contributed by atoms with Crippen LogP contribution in [0.2, 0.25) is 0 Å². The van der Waals surface area contributed by atoms with Gasteiger partial charge in [-0.25, -0.2) is 0 Å². The molecule has 2 aromatic rings. The molecule has 0 radical (unpaired) electrons. The highest BCUT2D eigenvalue weighted by Crippen LogP contribution is 2.38. The highest BCUT2D eigenvalue weighted by Gasteiger charge is 2.33. The molecule has 1 aliphatic rings. The number of hydrogen-bond donors (Lipinski definition) is 0. The van der Waals surface area contributed by atoms with E-state index >= 15 is 0 Å². The molecule has 3 heteroatoms. The number of methoxy groups -OCH3 is 2. The van der Waals surface area contributed by atoms with Gasteiger partial charge in [0.15, 0.2) is 11.5 Å². The van der Waals surface area contributed by atoms with Crippen LogP contribution >= 0.6 is 0 Å². The standard InChI is InChI=1S/C20H25NO2/c1-20(2)12-16-10-18(22-3)19(23-4)11-17(16)14-21(20)13-15-8-6-5-7-9-15/h5-11H,12-14H2,1-4H3. The van der Waals surface area contributed by atoms with Gasteiger partial charge >= 0.3 is 0 Å². The average Bonchev–Trinajstić information content (AvgIpc) is 2.55. The van der Waals surface area contributed by atoms with E-state index in [4.69, 9.17) is 9.47 Å². The van der Waals surface area contributed by atoms with E-state index in [1.807, 2.05) is 0 Å². The minimum Gasteiger partial charge on any atom is -0.493 e. The minimum atomic E-state index is 0.114. The summed E-state index contributed by atoms with van der Waals surface area (Å²) in [6.45, 7) is 6.52. The van der Waals surface area contributed by atoms with Crippen molar-refractivity contribution in [3.05, 3.63) is 59.2 Å². The van der Waals surface area contributed by atoms with Crippen LogP contribution in [0.15, 0.2) is 42.5 Å². The van der Waals surface area contributed by atoms with E-state index in [1.54, 1.807) is 14.2 Å². The molecule has 2 aromatic carbocycles. The van der Waals surface area contributed by atoms with Crippen molar-refractivity contribution in [2.45, 2.75) is 38.9 Å². The predicted octanol–water partition coefficient (Wildman–Crippen LogP) is 4.04.